The van der Waals surface area contributed by atoms with Gasteiger partial charge in [-0.05, 0) is 42.5 Å². The molecule has 7 nitrogen and oxygen atoms in total. The molecular weight excluding hydrogens is 316 g/mol. The van der Waals surface area contributed by atoms with Crippen molar-refractivity contribution in [3.63, 3.8) is 0 Å². The SMILES string of the molecule is O=C(Nc1ccc(Nc2ncccn2)cc1)c1cc2cnccc2[nH]1. The molecule has 0 bridgehead atoms. The summed E-state index contributed by atoms with van der Waals surface area (Å²) < 4.78 is 0. The second-order valence-electron chi connectivity index (χ2n) is 5.37. The molecule has 0 radical (unpaired) electrons. The van der Waals surface area contributed by atoms with Gasteiger partial charge >= 0.3 is 0 Å². The number of hydrogen-bond acceptors (Lipinski definition) is 5. The number of benzene rings is 1. The number of carbonyl (C=O) groups is 1. The molecule has 25 heavy (non-hydrogen) atoms. The lowest BCUT2D eigenvalue weighted by atomic mass is 10.2. The van der Waals surface area contributed by atoms with E-state index in [9.17, 15) is 4.79 Å². The van der Waals surface area contributed by atoms with Gasteiger partial charge in [0, 0.05) is 47.1 Å². The molecular formula is C18H14N6O. The number of pyridine rings is 1. The van der Waals surface area contributed by atoms with Crippen LogP contribution in [0, 0.1) is 0 Å². The van der Waals surface area contributed by atoms with Crippen molar-refractivity contribution < 1.29 is 4.79 Å². The van der Waals surface area contributed by atoms with Crippen molar-refractivity contribution in [2.45, 2.75) is 0 Å². The first-order valence-corrected chi connectivity index (χ1v) is 7.66. The molecule has 0 spiro atoms. The third-order valence-corrected chi connectivity index (χ3v) is 3.63. The topological polar surface area (TPSA) is 95.6 Å². The highest BCUT2D eigenvalue weighted by Crippen LogP contribution is 2.18. The van der Waals surface area contributed by atoms with Gasteiger partial charge in [-0.3, -0.25) is 9.78 Å². The Labute approximate surface area is 143 Å². The van der Waals surface area contributed by atoms with Crippen molar-refractivity contribution in [3.8, 4) is 0 Å². The van der Waals surface area contributed by atoms with Gasteiger partial charge in [-0.15, -0.1) is 0 Å². The highest BCUT2D eigenvalue weighted by molar-refractivity contribution is 6.05. The standard InChI is InChI=1S/C18H14N6O/c25-17(16-10-12-11-19-9-6-15(12)24-16)22-13-2-4-14(5-3-13)23-18-20-7-1-8-21-18/h1-11,24H,(H,22,25)(H,20,21,23). The van der Waals surface area contributed by atoms with Gasteiger partial charge in [0.2, 0.25) is 5.95 Å². The maximum atomic E-state index is 12.4. The van der Waals surface area contributed by atoms with Gasteiger partial charge in [0.1, 0.15) is 5.69 Å². The van der Waals surface area contributed by atoms with Gasteiger partial charge in [0.05, 0.1) is 0 Å². The molecule has 0 fully saturated rings. The predicted octanol–water partition coefficient (Wildman–Crippen LogP) is 3.35. The molecule has 7 heteroatoms. The minimum Gasteiger partial charge on any atom is -0.350 e. The smallest absolute Gasteiger partial charge is 0.272 e. The molecule has 0 saturated heterocycles. The molecule has 0 saturated carbocycles. The zero-order valence-electron chi connectivity index (χ0n) is 13.1. The molecule has 122 valence electrons. The number of rotatable bonds is 4. The summed E-state index contributed by atoms with van der Waals surface area (Å²) in [5, 5.41) is 6.84. The second-order valence-corrected chi connectivity index (χ2v) is 5.37. The van der Waals surface area contributed by atoms with Gasteiger partial charge in [-0.2, -0.15) is 0 Å². The summed E-state index contributed by atoms with van der Waals surface area (Å²) in [5.74, 6) is 0.314. The van der Waals surface area contributed by atoms with Crippen molar-refractivity contribution in [1.29, 1.82) is 0 Å². The highest BCUT2D eigenvalue weighted by Gasteiger charge is 2.09. The van der Waals surface area contributed by atoms with Crippen molar-refractivity contribution in [3.05, 3.63) is 72.9 Å². The van der Waals surface area contributed by atoms with Crippen LogP contribution in [0.25, 0.3) is 10.9 Å². The molecule has 1 aromatic carbocycles. The van der Waals surface area contributed by atoms with Crippen LogP contribution in [0.2, 0.25) is 0 Å². The number of anilines is 3. The molecule has 0 atom stereocenters. The van der Waals surface area contributed by atoms with Crippen LogP contribution in [-0.2, 0) is 0 Å². The van der Waals surface area contributed by atoms with Crippen LogP contribution in [0.3, 0.4) is 0 Å². The van der Waals surface area contributed by atoms with E-state index in [-0.39, 0.29) is 5.91 Å². The van der Waals surface area contributed by atoms with E-state index in [1.54, 1.807) is 36.9 Å². The number of nitrogens with zero attached hydrogens (tertiary/aromatic N) is 3. The fourth-order valence-electron chi connectivity index (χ4n) is 2.42. The fourth-order valence-corrected chi connectivity index (χ4v) is 2.42. The molecule has 0 aliphatic heterocycles. The predicted molar refractivity (Wildman–Crippen MR) is 95.8 cm³/mol. The Balaban J connectivity index is 1.46. The normalized spacial score (nSPS) is 10.6. The van der Waals surface area contributed by atoms with Gasteiger partial charge in [-0.25, -0.2) is 9.97 Å². The van der Waals surface area contributed by atoms with Crippen LogP contribution in [0.4, 0.5) is 17.3 Å². The van der Waals surface area contributed by atoms with E-state index < -0.39 is 0 Å². The van der Waals surface area contributed by atoms with E-state index in [0.29, 0.717) is 17.3 Å². The van der Waals surface area contributed by atoms with Crippen LogP contribution in [0.1, 0.15) is 10.5 Å². The number of hydrogen-bond donors (Lipinski definition) is 3. The minimum atomic E-state index is -0.205. The van der Waals surface area contributed by atoms with E-state index in [2.05, 4.69) is 30.6 Å². The zero-order valence-corrected chi connectivity index (χ0v) is 13.1. The number of fused-ring (bicyclic) bond motifs is 1. The number of aromatic nitrogens is 4. The van der Waals surface area contributed by atoms with Crippen LogP contribution < -0.4 is 10.6 Å². The minimum absolute atomic E-state index is 0.205. The quantitative estimate of drug-likeness (QED) is 0.533. The van der Waals surface area contributed by atoms with Crippen LogP contribution in [-0.4, -0.2) is 25.8 Å². The molecule has 4 aromatic rings. The lowest BCUT2D eigenvalue weighted by Crippen LogP contribution is -2.12. The van der Waals surface area contributed by atoms with Gasteiger partial charge in [0.25, 0.3) is 5.91 Å². The Kier molecular flexibility index (Phi) is 3.80. The maximum Gasteiger partial charge on any atom is 0.272 e. The summed E-state index contributed by atoms with van der Waals surface area (Å²) in [6.45, 7) is 0. The van der Waals surface area contributed by atoms with Crippen molar-refractivity contribution in [1.82, 2.24) is 19.9 Å². The summed E-state index contributed by atoms with van der Waals surface area (Å²) in [5.41, 5.74) is 2.90. The third kappa shape index (κ3) is 3.30. The molecule has 3 N–H and O–H groups in total. The molecule has 4 rings (SSSR count). The average Bonchev–Trinajstić information content (AvgIpc) is 3.09. The summed E-state index contributed by atoms with van der Waals surface area (Å²) in [6, 6.07) is 12.7. The first-order chi connectivity index (χ1) is 12.3. The van der Waals surface area contributed by atoms with Crippen molar-refractivity contribution >= 4 is 34.1 Å². The Hall–Kier alpha value is -3.74. The Morgan fingerprint density at radius 3 is 2.48 bits per heavy atom. The van der Waals surface area contributed by atoms with Crippen molar-refractivity contribution in [2.24, 2.45) is 0 Å². The summed E-state index contributed by atoms with van der Waals surface area (Å²) >= 11 is 0. The molecule has 0 unspecified atom stereocenters. The summed E-state index contributed by atoms with van der Waals surface area (Å²) in [7, 11) is 0. The Morgan fingerprint density at radius 2 is 1.72 bits per heavy atom. The summed E-state index contributed by atoms with van der Waals surface area (Å²) in [6.07, 6.45) is 6.73. The van der Waals surface area contributed by atoms with Gasteiger partial charge in [0.15, 0.2) is 0 Å². The van der Waals surface area contributed by atoms with E-state index in [0.717, 1.165) is 16.6 Å². The van der Waals surface area contributed by atoms with Gasteiger partial charge < -0.3 is 15.6 Å². The monoisotopic (exact) mass is 330 g/mol. The largest absolute Gasteiger partial charge is 0.350 e. The van der Waals surface area contributed by atoms with E-state index in [1.165, 1.54) is 0 Å². The van der Waals surface area contributed by atoms with Crippen LogP contribution >= 0.6 is 0 Å². The van der Waals surface area contributed by atoms with E-state index >= 15 is 0 Å². The fraction of sp³-hybridized carbons (Fsp3) is 0. The molecule has 0 aliphatic rings. The Bertz CT molecular complexity index is 978. The Morgan fingerprint density at radius 1 is 0.960 bits per heavy atom. The van der Waals surface area contributed by atoms with Crippen LogP contribution in [0.15, 0.2) is 67.3 Å². The first-order valence-electron chi connectivity index (χ1n) is 7.66. The van der Waals surface area contributed by atoms with Gasteiger partial charge in [-0.1, -0.05) is 0 Å². The number of nitrogens with one attached hydrogen (secondary N) is 3. The zero-order chi connectivity index (χ0) is 17.1. The lowest BCUT2D eigenvalue weighted by Gasteiger charge is -2.07. The third-order valence-electron chi connectivity index (χ3n) is 3.63. The lowest BCUT2D eigenvalue weighted by molar-refractivity contribution is 0.102. The average molecular weight is 330 g/mol. The number of H-pyrrole nitrogens is 1. The first kappa shape index (κ1) is 14.8. The molecule has 3 heterocycles. The molecule has 0 aliphatic carbocycles. The van der Waals surface area contributed by atoms with E-state index in [4.69, 9.17) is 0 Å². The second kappa shape index (κ2) is 6.40. The number of amides is 1. The molecule has 1 amide bonds. The number of carbonyl (C=O) groups excluding carboxylic acids is 1. The highest BCUT2D eigenvalue weighted by atomic mass is 16.1. The van der Waals surface area contributed by atoms with Crippen molar-refractivity contribution in [2.75, 3.05) is 10.6 Å². The number of aromatic amines is 1. The maximum absolute atomic E-state index is 12.4. The van der Waals surface area contributed by atoms with E-state index in [1.807, 2.05) is 30.3 Å². The molecule has 3 aromatic heterocycles. The summed E-state index contributed by atoms with van der Waals surface area (Å²) in [4.78, 5) is 27.7. The van der Waals surface area contributed by atoms with Crippen LogP contribution in [0.5, 0.6) is 0 Å².